The third-order valence-electron chi connectivity index (χ3n) is 4.91. The zero-order valence-corrected chi connectivity index (χ0v) is 12.1. The molecule has 1 aliphatic rings. The summed E-state index contributed by atoms with van der Waals surface area (Å²) in [4.78, 5) is 0. The molecule has 5 rings (SSSR count). The van der Waals surface area contributed by atoms with E-state index in [1.807, 2.05) is 36.4 Å². The standard InChI is InChI=1S/C20H13FO2/c21-19-14-7-5-11-3-1-2-10-4-6-12(17(14)16(10)11)13-8-9-15(22)20(23)18(13)19/h1-9,15,20,22-23H/t15-,20+/m0/s1. The van der Waals surface area contributed by atoms with Gasteiger partial charge in [-0.05, 0) is 27.1 Å². The molecule has 0 fully saturated rings. The fourth-order valence-corrected chi connectivity index (χ4v) is 3.84. The quantitative estimate of drug-likeness (QED) is 0.479. The molecule has 0 bridgehead atoms. The molecule has 23 heavy (non-hydrogen) atoms. The molecule has 2 nitrogen and oxygen atoms in total. The smallest absolute Gasteiger partial charge is 0.137 e. The molecule has 0 saturated heterocycles. The van der Waals surface area contributed by atoms with Crippen LogP contribution in [0.25, 0.3) is 38.4 Å². The summed E-state index contributed by atoms with van der Waals surface area (Å²) in [7, 11) is 0. The molecule has 4 aromatic rings. The van der Waals surface area contributed by atoms with Gasteiger partial charge in [-0.2, -0.15) is 0 Å². The van der Waals surface area contributed by atoms with Crippen molar-refractivity contribution in [1.82, 2.24) is 0 Å². The van der Waals surface area contributed by atoms with E-state index in [9.17, 15) is 10.2 Å². The van der Waals surface area contributed by atoms with Crippen molar-refractivity contribution in [3.05, 3.63) is 65.5 Å². The number of hydrogen-bond donors (Lipinski definition) is 2. The van der Waals surface area contributed by atoms with Gasteiger partial charge >= 0.3 is 0 Å². The minimum Gasteiger partial charge on any atom is -0.386 e. The van der Waals surface area contributed by atoms with Gasteiger partial charge in [0.15, 0.2) is 0 Å². The van der Waals surface area contributed by atoms with E-state index in [1.54, 1.807) is 12.1 Å². The van der Waals surface area contributed by atoms with Gasteiger partial charge in [0, 0.05) is 16.3 Å². The summed E-state index contributed by atoms with van der Waals surface area (Å²) in [6, 6.07) is 13.7. The lowest BCUT2D eigenvalue weighted by Crippen LogP contribution is -2.21. The second kappa shape index (κ2) is 4.28. The van der Waals surface area contributed by atoms with E-state index >= 15 is 4.39 Å². The Bertz CT molecular complexity index is 1100. The van der Waals surface area contributed by atoms with Crippen molar-refractivity contribution >= 4 is 38.4 Å². The lowest BCUT2D eigenvalue weighted by molar-refractivity contribution is 0.0448. The van der Waals surface area contributed by atoms with E-state index in [0.29, 0.717) is 10.9 Å². The van der Waals surface area contributed by atoms with Crippen LogP contribution in [0, 0.1) is 5.82 Å². The summed E-state index contributed by atoms with van der Waals surface area (Å²) in [5.74, 6) is -0.443. The summed E-state index contributed by atoms with van der Waals surface area (Å²) >= 11 is 0. The molecule has 4 aromatic carbocycles. The van der Waals surface area contributed by atoms with Gasteiger partial charge in [0.1, 0.15) is 18.0 Å². The van der Waals surface area contributed by atoms with Gasteiger partial charge in [-0.15, -0.1) is 0 Å². The van der Waals surface area contributed by atoms with Crippen molar-refractivity contribution < 1.29 is 14.6 Å². The molecule has 0 radical (unpaired) electrons. The van der Waals surface area contributed by atoms with Gasteiger partial charge in [-0.3, -0.25) is 0 Å². The Balaban J connectivity index is 2.10. The molecule has 0 aromatic heterocycles. The van der Waals surface area contributed by atoms with Crippen LogP contribution in [0.3, 0.4) is 0 Å². The minimum absolute atomic E-state index is 0.186. The molecular weight excluding hydrogens is 291 g/mol. The third-order valence-corrected chi connectivity index (χ3v) is 4.91. The highest BCUT2D eigenvalue weighted by molar-refractivity contribution is 6.24. The van der Waals surface area contributed by atoms with E-state index in [-0.39, 0.29) is 5.56 Å². The van der Waals surface area contributed by atoms with Crippen LogP contribution in [0.15, 0.2) is 48.5 Å². The first kappa shape index (κ1) is 13.0. The van der Waals surface area contributed by atoms with Crippen LogP contribution in [0.1, 0.15) is 17.2 Å². The van der Waals surface area contributed by atoms with Crippen LogP contribution in [0.2, 0.25) is 0 Å². The molecule has 0 amide bonds. The Kier molecular flexibility index (Phi) is 2.42. The third kappa shape index (κ3) is 1.53. The summed E-state index contributed by atoms with van der Waals surface area (Å²) in [5.41, 5.74) is 0.844. The first-order valence-corrected chi connectivity index (χ1v) is 7.60. The Morgan fingerprint density at radius 1 is 0.826 bits per heavy atom. The molecular formula is C20H13FO2. The topological polar surface area (TPSA) is 40.5 Å². The highest BCUT2D eigenvalue weighted by Gasteiger charge is 2.29. The van der Waals surface area contributed by atoms with E-state index in [4.69, 9.17) is 0 Å². The van der Waals surface area contributed by atoms with Crippen LogP contribution in [0.4, 0.5) is 4.39 Å². The number of aliphatic hydroxyl groups is 2. The maximum atomic E-state index is 15.1. The Morgan fingerprint density at radius 3 is 2.26 bits per heavy atom. The van der Waals surface area contributed by atoms with E-state index in [0.717, 1.165) is 26.9 Å². The first-order chi connectivity index (χ1) is 11.2. The van der Waals surface area contributed by atoms with Gasteiger partial charge in [-0.25, -0.2) is 4.39 Å². The Hall–Kier alpha value is -2.49. The molecule has 1 aliphatic carbocycles. The van der Waals surface area contributed by atoms with Crippen LogP contribution in [0.5, 0.6) is 0 Å². The van der Waals surface area contributed by atoms with Crippen molar-refractivity contribution in [2.45, 2.75) is 12.2 Å². The van der Waals surface area contributed by atoms with Gasteiger partial charge in [0.05, 0.1) is 0 Å². The largest absolute Gasteiger partial charge is 0.386 e. The number of fused-ring (bicyclic) bond motifs is 2. The molecule has 2 atom stereocenters. The van der Waals surface area contributed by atoms with Crippen LogP contribution < -0.4 is 0 Å². The number of benzene rings is 4. The molecule has 0 saturated carbocycles. The zero-order chi connectivity index (χ0) is 15.7. The fraction of sp³-hybridized carbons (Fsp3) is 0.100. The fourth-order valence-electron chi connectivity index (χ4n) is 3.84. The molecule has 0 spiro atoms. The molecule has 112 valence electrons. The minimum atomic E-state index is -1.24. The monoisotopic (exact) mass is 304 g/mol. The van der Waals surface area contributed by atoms with Crippen molar-refractivity contribution in [3.8, 4) is 0 Å². The summed E-state index contributed by atoms with van der Waals surface area (Å²) in [5, 5.41) is 25.6. The van der Waals surface area contributed by atoms with Crippen LogP contribution >= 0.6 is 0 Å². The molecule has 0 aliphatic heterocycles. The summed E-state index contributed by atoms with van der Waals surface area (Å²) in [6.07, 6.45) is 0.910. The van der Waals surface area contributed by atoms with E-state index in [1.165, 1.54) is 6.08 Å². The first-order valence-electron chi connectivity index (χ1n) is 7.60. The number of aliphatic hydroxyl groups excluding tert-OH is 2. The van der Waals surface area contributed by atoms with Gasteiger partial charge in [0.25, 0.3) is 0 Å². The second-order valence-electron chi connectivity index (χ2n) is 6.12. The predicted octanol–water partition coefficient (Wildman–Crippen LogP) is 4.14. The lowest BCUT2D eigenvalue weighted by Gasteiger charge is -2.25. The molecule has 0 unspecified atom stereocenters. The maximum absolute atomic E-state index is 15.1. The Labute approximate surface area is 131 Å². The van der Waals surface area contributed by atoms with Crippen molar-refractivity contribution in [2.75, 3.05) is 0 Å². The maximum Gasteiger partial charge on any atom is 0.137 e. The lowest BCUT2D eigenvalue weighted by atomic mass is 9.84. The average Bonchev–Trinajstić information content (AvgIpc) is 2.57. The number of halogens is 1. The van der Waals surface area contributed by atoms with Crippen LogP contribution in [-0.4, -0.2) is 16.3 Å². The molecule has 2 N–H and O–H groups in total. The van der Waals surface area contributed by atoms with Crippen molar-refractivity contribution in [2.24, 2.45) is 0 Å². The highest BCUT2D eigenvalue weighted by Crippen LogP contribution is 2.43. The number of rotatable bonds is 0. The van der Waals surface area contributed by atoms with Gasteiger partial charge in [0.2, 0.25) is 0 Å². The van der Waals surface area contributed by atoms with Gasteiger partial charge < -0.3 is 10.2 Å². The zero-order valence-electron chi connectivity index (χ0n) is 12.1. The number of hydrogen-bond acceptors (Lipinski definition) is 2. The highest BCUT2D eigenvalue weighted by atomic mass is 19.1. The predicted molar refractivity (Wildman–Crippen MR) is 90.1 cm³/mol. The summed E-state index contributed by atoms with van der Waals surface area (Å²) < 4.78 is 15.1. The molecule has 3 heteroatoms. The van der Waals surface area contributed by atoms with E-state index in [2.05, 4.69) is 0 Å². The Morgan fingerprint density at radius 2 is 1.52 bits per heavy atom. The SMILES string of the molecule is O[C@H]1C=Cc2c(c(F)c3ccc4cccc5ccc2c3c45)[C@@H]1O. The summed E-state index contributed by atoms with van der Waals surface area (Å²) in [6.45, 7) is 0. The second-order valence-corrected chi connectivity index (χ2v) is 6.12. The van der Waals surface area contributed by atoms with E-state index < -0.39 is 18.0 Å². The molecule has 0 heterocycles. The normalized spacial score (nSPS) is 20.7. The van der Waals surface area contributed by atoms with Crippen molar-refractivity contribution in [3.63, 3.8) is 0 Å². The average molecular weight is 304 g/mol. The van der Waals surface area contributed by atoms with Crippen LogP contribution in [-0.2, 0) is 0 Å². The van der Waals surface area contributed by atoms with Gasteiger partial charge in [-0.1, -0.05) is 54.6 Å². The van der Waals surface area contributed by atoms with Crippen molar-refractivity contribution in [1.29, 1.82) is 0 Å².